The first-order chi connectivity index (χ1) is 15.8. The van der Waals surface area contributed by atoms with Crippen LogP contribution in [0.2, 0.25) is 0 Å². The molecule has 0 aliphatic rings. The summed E-state index contributed by atoms with van der Waals surface area (Å²) in [5.41, 5.74) is 5.02. The van der Waals surface area contributed by atoms with Gasteiger partial charge in [0.15, 0.2) is 5.11 Å². The lowest BCUT2D eigenvalue weighted by atomic mass is 10.1. The van der Waals surface area contributed by atoms with Crippen LogP contribution in [-0.2, 0) is 6.54 Å². The number of nitrogens with one attached hydrogen (secondary N) is 2. The third-order valence-electron chi connectivity index (χ3n) is 6.24. The van der Waals surface area contributed by atoms with Gasteiger partial charge in [-0.3, -0.25) is 4.79 Å². The monoisotopic (exact) mass is 464 g/mol. The van der Waals surface area contributed by atoms with Crippen LogP contribution in [0, 0.1) is 13.8 Å². The minimum Gasteiger partial charge on any atom is -0.356 e. The molecule has 2 N–H and O–H groups in total. The van der Waals surface area contributed by atoms with Crippen molar-refractivity contribution < 1.29 is 0 Å². The van der Waals surface area contributed by atoms with Crippen molar-refractivity contribution in [3.63, 3.8) is 0 Å². The normalized spacial score (nSPS) is 12.2. The number of aryl methyl sites for hydroxylation is 2. The summed E-state index contributed by atoms with van der Waals surface area (Å²) in [6, 6.07) is 16.6. The molecule has 1 heterocycles. The van der Waals surface area contributed by atoms with E-state index in [1.807, 2.05) is 31.2 Å². The molecule has 0 aliphatic heterocycles. The number of nitrogens with zero attached hydrogens (tertiary/aromatic N) is 2. The highest BCUT2D eigenvalue weighted by atomic mass is 32.1. The summed E-state index contributed by atoms with van der Waals surface area (Å²) in [6.07, 6.45) is 0. The van der Waals surface area contributed by atoms with Gasteiger partial charge >= 0.3 is 0 Å². The molecule has 1 aromatic heterocycles. The molecular weight excluding hydrogens is 428 g/mol. The van der Waals surface area contributed by atoms with E-state index in [-0.39, 0.29) is 11.6 Å². The number of thiocarbonyl (C=S) groups is 1. The van der Waals surface area contributed by atoms with Crippen LogP contribution in [0.15, 0.2) is 53.3 Å². The van der Waals surface area contributed by atoms with E-state index in [2.05, 4.69) is 72.1 Å². The van der Waals surface area contributed by atoms with Crippen LogP contribution in [0.4, 0.5) is 0 Å². The van der Waals surface area contributed by atoms with Gasteiger partial charge in [0, 0.05) is 18.7 Å². The summed E-state index contributed by atoms with van der Waals surface area (Å²) in [5.74, 6) is 0. The largest absolute Gasteiger partial charge is 0.356 e. The second-order valence-corrected chi connectivity index (χ2v) is 9.09. The molecule has 33 heavy (non-hydrogen) atoms. The first-order valence-electron chi connectivity index (χ1n) is 11.8. The average Bonchev–Trinajstić information content (AvgIpc) is 2.80. The third kappa shape index (κ3) is 6.42. The molecule has 0 aliphatic carbocycles. The predicted octanol–water partition coefficient (Wildman–Crippen LogP) is 4.92. The lowest BCUT2D eigenvalue weighted by Crippen LogP contribution is -2.44. The van der Waals surface area contributed by atoms with Crippen LogP contribution in [0.1, 0.15) is 49.1 Å². The molecule has 5 nitrogen and oxygen atoms in total. The standard InChI is InChI=1S/C27H36N4OS/c1-6-30(7-2)13-14-31(27(33)28-21(5)22-11-9-8-10-12-22)18-24-17-23-16-19(3)15-20(4)25(23)29-26(24)32/h8-12,15-17,21H,6-7,13-14,18H2,1-5H3,(H,28,33)(H,29,32). The fourth-order valence-corrected chi connectivity index (χ4v) is 4.54. The van der Waals surface area contributed by atoms with Gasteiger partial charge in [0.1, 0.15) is 0 Å². The maximum atomic E-state index is 13.0. The maximum absolute atomic E-state index is 13.0. The summed E-state index contributed by atoms with van der Waals surface area (Å²) in [5, 5.41) is 5.20. The van der Waals surface area contributed by atoms with E-state index in [1.54, 1.807) is 0 Å². The number of aromatic amines is 1. The van der Waals surface area contributed by atoms with Gasteiger partial charge in [-0.05, 0) is 74.7 Å². The zero-order chi connectivity index (χ0) is 24.0. The number of pyridine rings is 1. The summed E-state index contributed by atoms with van der Waals surface area (Å²) in [6.45, 7) is 14.6. The number of fused-ring (bicyclic) bond motifs is 1. The molecule has 0 amide bonds. The molecule has 1 atom stereocenters. The minimum atomic E-state index is -0.0544. The van der Waals surface area contributed by atoms with Crippen molar-refractivity contribution in [1.82, 2.24) is 20.1 Å². The van der Waals surface area contributed by atoms with Crippen molar-refractivity contribution in [1.29, 1.82) is 0 Å². The van der Waals surface area contributed by atoms with Gasteiger partial charge in [0.05, 0.1) is 18.1 Å². The van der Waals surface area contributed by atoms with E-state index >= 15 is 0 Å². The molecule has 1 unspecified atom stereocenters. The molecule has 0 saturated carbocycles. The Morgan fingerprint density at radius 3 is 2.42 bits per heavy atom. The molecule has 3 aromatic rings. The molecule has 3 rings (SSSR count). The Morgan fingerprint density at radius 1 is 1.06 bits per heavy atom. The second kappa shape index (κ2) is 11.4. The van der Waals surface area contributed by atoms with Crippen molar-refractivity contribution >= 4 is 28.2 Å². The summed E-state index contributed by atoms with van der Waals surface area (Å²) in [4.78, 5) is 20.5. The van der Waals surface area contributed by atoms with Crippen LogP contribution >= 0.6 is 12.2 Å². The number of rotatable bonds is 9. The van der Waals surface area contributed by atoms with Crippen molar-refractivity contribution in [3.8, 4) is 0 Å². The molecule has 0 fully saturated rings. The molecular formula is C27H36N4OS. The Bertz CT molecular complexity index is 1140. The molecule has 0 saturated heterocycles. The average molecular weight is 465 g/mol. The van der Waals surface area contributed by atoms with Crippen molar-refractivity contribution in [3.05, 3.63) is 81.1 Å². The first-order valence-corrected chi connectivity index (χ1v) is 12.2. The molecule has 176 valence electrons. The Kier molecular flexibility index (Phi) is 8.64. The van der Waals surface area contributed by atoms with Gasteiger partial charge in [-0.25, -0.2) is 0 Å². The van der Waals surface area contributed by atoms with Gasteiger partial charge in [0.2, 0.25) is 0 Å². The van der Waals surface area contributed by atoms with Gasteiger partial charge in [-0.2, -0.15) is 0 Å². The van der Waals surface area contributed by atoms with E-state index < -0.39 is 0 Å². The van der Waals surface area contributed by atoms with Gasteiger partial charge in [0.25, 0.3) is 5.56 Å². The summed E-state index contributed by atoms with van der Waals surface area (Å²) in [7, 11) is 0. The van der Waals surface area contributed by atoms with Crippen LogP contribution in [0.5, 0.6) is 0 Å². The number of aromatic nitrogens is 1. The lowest BCUT2D eigenvalue weighted by Gasteiger charge is -2.30. The molecule has 0 spiro atoms. The van der Waals surface area contributed by atoms with Crippen molar-refractivity contribution in [2.75, 3.05) is 26.2 Å². The van der Waals surface area contributed by atoms with Crippen molar-refractivity contribution in [2.24, 2.45) is 0 Å². The Balaban J connectivity index is 1.86. The minimum absolute atomic E-state index is 0.0544. The van der Waals surface area contributed by atoms with Gasteiger partial charge in [-0.1, -0.05) is 55.8 Å². The van der Waals surface area contributed by atoms with E-state index in [1.165, 1.54) is 11.1 Å². The van der Waals surface area contributed by atoms with Crippen LogP contribution in [-0.4, -0.2) is 46.1 Å². The quantitative estimate of drug-likeness (QED) is 0.440. The zero-order valence-corrected chi connectivity index (χ0v) is 21.3. The molecule has 0 radical (unpaired) electrons. The van der Waals surface area contributed by atoms with E-state index in [4.69, 9.17) is 12.2 Å². The summed E-state index contributed by atoms with van der Waals surface area (Å²) < 4.78 is 0. The second-order valence-electron chi connectivity index (χ2n) is 8.70. The van der Waals surface area contributed by atoms with Crippen LogP contribution < -0.4 is 10.9 Å². The fourth-order valence-electron chi connectivity index (χ4n) is 4.21. The van der Waals surface area contributed by atoms with E-state index in [0.29, 0.717) is 11.7 Å². The number of hydrogen-bond acceptors (Lipinski definition) is 3. The molecule has 0 bridgehead atoms. The zero-order valence-electron chi connectivity index (χ0n) is 20.4. The van der Waals surface area contributed by atoms with Gasteiger partial charge in [-0.15, -0.1) is 0 Å². The topological polar surface area (TPSA) is 51.4 Å². The summed E-state index contributed by atoms with van der Waals surface area (Å²) >= 11 is 5.84. The van der Waals surface area contributed by atoms with Gasteiger partial charge < -0.3 is 20.1 Å². The lowest BCUT2D eigenvalue weighted by molar-refractivity contribution is 0.262. The number of likely N-dealkylation sites (N-methyl/N-ethyl adjacent to an activating group) is 1. The number of hydrogen-bond donors (Lipinski definition) is 2. The highest BCUT2D eigenvalue weighted by Crippen LogP contribution is 2.19. The molecule has 2 aromatic carbocycles. The van der Waals surface area contributed by atoms with Crippen molar-refractivity contribution in [2.45, 2.75) is 47.2 Å². The number of benzene rings is 2. The predicted molar refractivity (Wildman–Crippen MR) is 143 cm³/mol. The van der Waals surface area contributed by atoms with E-state index in [0.717, 1.165) is 48.2 Å². The number of H-pyrrole nitrogens is 1. The fraction of sp³-hybridized carbons (Fsp3) is 0.407. The van der Waals surface area contributed by atoms with Crippen LogP contribution in [0.3, 0.4) is 0 Å². The molecule has 6 heteroatoms. The SMILES string of the molecule is CCN(CC)CCN(Cc1cc2cc(C)cc(C)c2[nH]c1=O)C(=S)NC(C)c1ccccc1. The Morgan fingerprint density at radius 2 is 1.76 bits per heavy atom. The highest BCUT2D eigenvalue weighted by Gasteiger charge is 2.17. The maximum Gasteiger partial charge on any atom is 0.253 e. The first kappa shape index (κ1) is 24.9. The Hall–Kier alpha value is -2.70. The Labute approximate surface area is 202 Å². The third-order valence-corrected chi connectivity index (χ3v) is 6.61. The smallest absolute Gasteiger partial charge is 0.253 e. The highest BCUT2D eigenvalue weighted by molar-refractivity contribution is 7.80. The van der Waals surface area contributed by atoms with E-state index in [9.17, 15) is 4.79 Å². The van der Waals surface area contributed by atoms with Crippen LogP contribution in [0.25, 0.3) is 10.9 Å².